The summed E-state index contributed by atoms with van der Waals surface area (Å²) < 4.78 is 40.2. The summed E-state index contributed by atoms with van der Waals surface area (Å²) in [4.78, 5) is 15.6. The van der Waals surface area contributed by atoms with Crippen molar-refractivity contribution in [2.45, 2.75) is 51.7 Å². The van der Waals surface area contributed by atoms with Gasteiger partial charge in [0.1, 0.15) is 5.82 Å². The number of rotatable bonds is 2. The number of halogens is 3. The van der Waals surface area contributed by atoms with Crippen molar-refractivity contribution < 1.29 is 18.0 Å². The van der Waals surface area contributed by atoms with Crippen LogP contribution in [0.4, 0.5) is 18.0 Å². The Labute approximate surface area is 128 Å². The zero-order chi connectivity index (χ0) is 16.4. The Morgan fingerprint density at radius 1 is 1.23 bits per heavy atom. The Morgan fingerprint density at radius 3 is 2.41 bits per heavy atom. The highest BCUT2D eigenvalue weighted by atomic mass is 19.2. The summed E-state index contributed by atoms with van der Waals surface area (Å²) >= 11 is 0. The minimum absolute atomic E-state index is 0.104. The number of nitrogens with zero attached hydrogens (tertiary/aromatic N) is 2. The van der Waals surface area contributed by atoms with Gasteiger partial charge < -0.3 is 9.80 Å². The number of hydrogen-bond acceptors (Lipinski definition) is 1. The van der Waals surface area contributed by atoms with Crippen LogP contribution in [0, 0.1) is 17.5 Å². The predicted octanol–water partition coefficient (Wildman–Crippen LogP) is 3.92. The molecule has 1 aliphatic rings. The lowest BCUT2D eigenvalue weighted by Gasteiger charge is -2.41. The van der Waals surface area contributed by atoms with Gasteiger partial charge in [-0.2, -0.15) is 0 Å². The maximum atomic E-state index is 13.7. The molecule has 1 aromatic rings. The average molecular weight is 314 g/mol. The SMILES string of the molecule is CC1CCCC(C)N1C(=O)N(C)Cc1cc(F)cc(F)c1F. The van der Waals surface area contributed by atoms with Crippen molar-refractivity contribution in [2.24, 2.45) is 0 Å². The lowest BCUT2D eigenvalue weighted by molar-refractivity contribution is 0.0965. The molecule has 22 heavy (non-hydrogen) atoms. The van der Waals surface area contributed by atoms with Crippen LogP contribution in [0.25, 0.3) is 0 Å². The van der Waals surface area contributed by atoms with Gasteiger partial charge in [0.2, 0.25) is 0 Å². The Bertz CT molecular complexity index is 555. The third-order valence-corrected chi connectivity index (χ3v) is 4.22. The van der Waals surface area contributed by atoms with Crippen LogP contribution in [0.3, 0.4) is 0 Å². The van der Waals surface area contributed by atoms with Crippen molar-refractivity contribution in [3.63, 3.8) is 0 Å². The minimum Gasteiger partial charge on any atom is -0.323 e. The third-order valence-electron chi connectivity index (χ3n) is 4.22. The molecule has 1 heterocycles. The van der Waals surface area contributed by atoms with Gasteiger partial charge in [-0.25, -0.2) is 18.0 Å². The fraction of sp³-hybridized carbons (Fsp3) is 0.562. The standard InChI is InChI=1S/C16H21F3N2O/c1-10-5-4-6-11(2)21(10)16(22)20(3)9-12-7-13(17)8-14(18)15(12)19/h7-8,10-11H,4-6,9H2,1-3H3. The van der Waals surface area contributed by atoms with Gasteiger partial charge in [0.25, 0.3) is 0 Å². The molecule has 2 atom stereocenters. The normalized spacial score (nSPS) is 21.8. The van der Waals surface area contributed by atoms with E-state index in [1.54, 1.807) is 4.90 Å². The fourth-order valence-electron chi connectivity index (χ4n) is 3.04. The van der Waals surface area contributed by atoms with Crippen LogP contribution in [0.5, 0.6) is 0 Å². The smallest absolute Gasteiger partial charge is 0.320 e. The molecule has 0 radical (unpaired) electrons. The summed E-state index contributed by atoms with van der Waals surface area (Å²) in [7, 11) is 1.51. The van der Waals surface area contributed by atoms with E-state index in [-0.39, 0.29) is 30.2 Å². The van der Waals surface area contributed by atoms with E-state index in [0.29, 0.717) is 6.07 Å². The molecule has 0 N–H and O–H groups in total. The molecule has 2 rings (SSSR count). The van der Waals surface area contributed by atoms with E-state index < -0.39 is 17.5 Å². The highest BCUT2D eigenvalue weighted by Gasteiger charge is 2.31. The van der Waals surface area contributed by atoms with Gasteiger partial charge in [0, 0.05) is 30.8 Å². The molecule has 0 aromatic heterocycles. The Kier molecular flexibility index (Phi) is 4.98. The molecule has 6 heteroatoms. The lowest BCUT2D eigenvalue weighted by atomic mass is 9.98. The first-order valence-electron chi connectivity index (χ1n) is 7.48. The number of likely N-dealkylation sites (tertiary alicyclic amines) is 1. The van der Waals surface area contributed by atoms with E-state index in [4.69, 9.17) is 0 Å². The maximum Gasteiger partial charge on any atom is 0.320 e. The van der Waals surface area contributed by atoms with Crippen molar-refractivity contribution in [1.29, 1.82) is 0 Å². The van der Waals surface area contributed by atoms with Crippen molar-refractivity contribution in [3.05, 3.63) is 35.1 Å². The molecule has 3 nitrogen and oxygen atoms in total. The topological polar surface area (TPSA) is 23.6 Å². The molecular weight excluding hydrogens is 293 g/mol. The van der Waals surface area contributed by atoms with E-state index in [1.807, 2.05) is 13.8 Å². The summed E-state index contributed by atoms with van der Waals surface area (Å²) in [6.45, 7) is 3.78. The molecule has 122 valence electrons. The van der Waals surface area contributed by atoms with Gasteiger partial charge in [-0.1, -0.05) is 0 Å². The maximum absolute atomic E-state index is 13.7. The molecule has 2 amide bonds. The van der Waals surface area contributed by atoms with E-state index in [0.717, 1.165) is 25.3 Å². The molecule has 2 unspecified atom stereocenters. The van der Waals surface area contributed by atoms with Crippen LogP contribution in [0.15, 0.2) is 12.1 Å². The Morgan fingerprint density at radius 2 is 1.82 bits per heavy atom. The first kappa shape index (κ1) is 16.6. The largest absolute Gasteiger partial charge is 0.323 e. The molecule has 0 spiro atoms. The zero-order valence-corrected chi connectivity index (χ0v) is 13.1. The van der Waals surface area contributed by atoms with Crippen LogP contribution in [-0.4, -0.2) is 35.0 Å². The van der Waals surface area contributed by atoms with E-state index >= 15 is 0 Å². The number of piperidine rings is 1. The first-order valence-corrected chi connectivity index (χ1v) is 7.48. The molecule has 1 aliphatic heterocycles. The molecular formula is C16H21F3N2O. The van der Waals surface area contributed by atoms with Gasteiger partial charge in [0.15, 0.2) is 11.6 Å². The van der Waals surface area contributed by atoms with Crippen LogP contribution >= 0.6 is 0 Å². The molecule has 0 bridgehead atoms. The highest BCUT2D eigenvalue weighted by molar-refractivity contribution is 5.75. The first-order chi connectivity index (χ1) is 10.3. The number of hydrogen-bond donors (Lipinski definition) is 0. The Balaban J connectivity index is 2.15. The predicted molar refractivity (Wildman–Crippen MR) is 77.8 cm³/mol. The zero-order valence-electron chi connectivity index (χ0n) is 13.1. The Hall–Kier alpha value is -1.72. The molecule has 1 aromatic carbocycles. The molecule has 1 saturated heterocycles. The van der Waals surface area contributed by atoms with Crippen molar-refractivity contribution in [3.8, 4) is 0 Å². The second kappa shape index (κ2) is 6.58. The van der Waals surface area contributed by atoms with Crippen LogP contribution < -0.4 is 0 Å². The summed E-state index contributed by atoms with van der Waals surface area (Å²) in [6.07, 6.45) is 2.92. The van der Waals surface area contributed by atoms with Crippen molar-refractivity contribution >= 4 is 6.03 Å². The third kappa shape index (κ3) is 3.36. The number of benzene rings is 1. The molecule has 1 fully saturated rings. The van der Waals surface area contributed by atoms with Gasteiger partial charge in [-0.3, -0.25) is 0 Å². The quantitative estimate of drug-likeness (QED) is 0.759. The highest BCUT2D eigenvalue weighted by Crippen LogP contribution is 2.24. The van der Waals surface area contributed by atoms with E-state index in [1.165, 1.54) is 11.9 Å². The second-order valence-corrected chi connectivity index (χ2v) is 6.04. The number of amides is 2. The van der Waals surface area contributed by atoms with Crippen molar-refractivity contribution in [1.82, 2.24) is 9.80 Å². The van der Waals surface area contributed by atoms with Crippen molar-refractivity contribution in [2.75, 3.05) is 7.05 Å². The van der Waals surface area contributed by atoms with E-state index in [9.17, 15) is 18.0 Å². The van der Waals surface area contributed by atoms with Crippen LogP contribution in [-0.2, 0) is 6.54 Å². The van der Waals surface area contributed by atoms with Crippen LogP contribution in [0.1, 0.15) is 38.7 Å². The minimum atomic E-state index is -1.24. The number of carbonyl (C=O) groups excluding carboxylic acids is 1. The van der Waals surface area contributed by atoms with Gasteiger partial charge >= 0.3 is 6.03 Å². The monoisotopic (exact) mass is 314 g/mol. The average Bonchev–Trinajstić information content (AvgIpc) is 2.43. The fourth-order valence-corrected chi connectivity index (χ4v) is 3.04. The second-order valence-electron chi connectivity index (χ2n) is 6.04. The lowest BCUT2D eigenvalue weighted by Crippen LogP contribution is -2.52. The molecule has 0 saturated carbocycles. The summed E-state index contributed by atoms with van der Waals surface area (Å²) in [5, 5.41) is 0. The van der Waals surface area contributed by atoms with Gasteiger partial charge in [-0.05, 0) is 39.2 Å². The summed E-state index contributed by atoms with van der Waals surface area (Å²) in [5.41, 5.74) is -0.161. The number of urea groups is 1. The summed E-state index contributed by atoms with van der Waals surface area (Å²) in [6, 6.07) is 1.38. The molecule has 0 aliphatic carbocycles. The van der Waals surface area contributed by atoms with Gasteiger partial charge in [0.05, 0.1) is 6.54 Å². The van der Waals surface area contributed by atoms with Crippen LogP contribution in [0.2, 0.25) is 0 Å². The number of carbonyl (C=O) groups is 1. The van der Waals surface area contributed by atoms with E-state index in [2.05, 4.69) is 0 Å². The van der Waals surface area contributed by atoms with Gasteiger partial charge in [-0.15, -0.1) is 0 Å². The summed E-state index contributed by atoms with van der Waals surface area (Å²) in [5.74, 6) is -3.20.